The third kappa shape index (κ3) is 5.01. The van der Waals surface area contributed by atoms with Crippen molar-refractivity contribution in [2.24, 2.45) is 0 Å². The van der Waals surface area contributed by atoms with E-state index in [0.717, 1.165) is 0 Å². The summed E-state index contributed by atoms with van der Waals surface area (Å²) in [4.78, 5) is 20.4. The Bertz CT molecular complexity index is 916. The molecule has 3 aromatic rings. The monoisotopic (exact) mass is 366 g/mol. The van der Waals surface area contributed by atoms with E-state index >= 15 is 0 Å². The second-order valence-electron chi connectivity index (χ2n) is 5.74. The molecular weight excluding hydrogens is 347 g/mol. The molecule has 0 unspecified atom stereocenters. The first-order valence-corrected chi connectivity index (χ1v) is 8.40. The lowest BCUT2D eigenvalue weighted by atomic mass is 10.1. The number of hydrogen-bond acceptors (Lipinski definition) is 5. The van der Waals surface area contributed by atoms with Crippen LogP contribution in [0.2, 0.25) is 0 Å². The number of carbonyl (C=O) groups is 1. The third-order valence-corrected chi connectivity index (χ3v) is 3.91. The largest absolute Gasteiger partial charge is 0.497 e. The number of nitrogens with zero attached hydrogens (tertiary/aromatic N) is 2. The average molecular weight is 366 g/mol. The van der Waals surface area contributed by atoms with E-state index in [1.54, 1.807) is 55.6 Å². The summed E-state index contributed by atoms with van der Waals surface area (Å²) in [5.41, 5.74) is 1.49. The second kappa shape index (κ2) is 8.75. The Morgan fingerprint density at radius 1 is 1.11 bits per heavy atom. The van der Waals surface area contributed by atoms with Gasteiger partial charge in [-0.15, -0.1) is 0 Å². The summed E-state index contributed by atoms with van der Waals surface area (Å²) in [6, 6.07) is 15.2. The van der Waals surface area contributed by atoms with Crippen LogP contribution in [0.5, 0.6) is 5.75 Å². The highest BCUT2D eigenvalue weighted by atomic mass is 19.1. The zero-order valence-electron chi connectivity index (χ0n) is 14.8. The van der Waals surface area contributed by atoms with Crippen molar-refractivity contribution in [1.29, 1.82) is 0 Å². The van der Waals surface area contributed by atoms with Gasteiger partial charge in [-0.2, -0.15) is 0 Å². The minimum atomic E-state index is -0.347. The predicted molar refractivity (Wildman–Crippen MR) is 102 cm³/mol. The average Bonchev–Trinajstić information content (AvgIpc) is 2.70. The quantitative estimate of drug-likeness (QED) is 0.669. The number of halogens is 1. The molecule has 138 valence electrons. The maximum atomic E-state index is 13.6. The van der Waals surface area contributed by atoms with Gasteiger partial charge < -0.3 is 15.4 Å². The first kappa shape index (κ1) is 18.3. The van der Waals surface area contributed by atoms with Gasteiger partial charge in [0.05, 0.1) is 7.11 Å². The molecule has 0 saturated carbocycles. The van der Waals surface area contributed by atoms with E-state index in [2.05, 4.69) is 20.6 Å². The third-order valence-electron chi connectivity index (χ3n) is 3.91. The summed E-state index contributed by atoms with van der Waals surface area (Å²) in [6.45, 7) is 0.484. The van der Waals surface area contributed by atoms with Gasteiger partial charge in [0.2, 0.25) is 0 Å². The number of ether oxygens (including phenoxy) is 1. The molecule has 0 bridgehead atoms. The SMILES string of the molecule is COc1ccc(NC(=O)c2cc(NCCc3ccccc3F)ncn2)cc1. The molecule has 1 aromatic heterocycles. The van der Waals surface area contributed by atoms with Gasteiger partial charge in [0, 0.05) is 18.3 Å². The molecule has 2 N–H and O–H groups in total. The van der Waals surface area contributed by atoms with Gasteiger partial charge >= 0.3 is 0 Å². The first-order chi connectivity index (χ1) is 13.2. The molecule has 0 fully saturated rings. The van der Waals surface area contributed by atoms with Crippen LogP contribution in [0.25, 0.3) is 0 Å². The van der Waals surface area contributed by atoms with Crippen molar-refractivity contribution < 1.29 is 13.9 Å². The van der Waals surface area contributed by atoms with Crippen LogP contribution in [-0.2, 0) is 6.42 Å². The van der Waals surface area contributed by atoms with Crippen LogP contribution in [0.4, 0.5) is 15.9 Å². The molecule has 3 rings (SSSR count). The van der Waals surface area contributed by atoms with Gasteiger partial charge in [0.25, 0.3) is 5.91 Å². The fourth-order valence-electron chi connectivity index (χ4n) is 2.47. The van der Waals surface area contributed by atoms with E-state index < -0.39 is 0 Å². The lowest BCUT2D eigenvalue weighted by Gasteiger charge is -2.08. The van der Waals surface area contributed by atoms with Crippen LogP contribution >= 0.6 is 0 Å². The minimum absolute atomic E-state index is 0.231. The number of nitrogens with one attached hydrogen (secondary N) is 2. The highest BCUT2D eigenvalue weighted by Crippen LogP contribution is 2.16. The summed E-state index contributed by atoms with van der Waals surface area (Å²) in [5.74, 6) is 0.624. The lowest BCUT2D eigenvalue weighted by molar-refractivity contribution is 0.102. The summed E-state index contributed by atoms with van der Waals surface area (Å²) in [7, 11) is 1.58. The van der Waals surface area contributed by atoms with Crippen LogP contribution in [0.15, 0.2) is 60.9 Å². The number of rotatable bonds is 7. The predicted octanol–water partition coefficient (Wildman–Crippen LogP) is 3.53. The number of methoxy groups -OCH3 is 1. The fraction of sp³-hybridized carbons (Fsp3) is 0.150. The van der Waals surface area contributed by atoms with Crippen molar-refractivity contribution in [1.82, 2.24) is 9.97 Å². The van der Waals surface area contributed by atoms with Crippen LogP contribution < -0.4 is 15.4 Å². The molecule has 27 heavy (non-hydrogen) atoms. The molecule has 0 aliphatic heterocycles. The molecule has 0 radical (unpaired) electrons. The van der Waals surface area contributed by atoms with E-state index in [0.29, 0.717) is 35.8 Å². The van der Waals surface area contributed by atoms with Gasteiger partial charge in [-0.1, -0.05) is 18.2 Å². The van der Waals surface area contributed by atoms with Gasteiger partial charge in [-0.05, 0) is 42.3 Å². The Morgan fingerprint density at radius 2 is 1.89 bits per heavy atom. The van der Waals surface area contributed by atoms with Crippen LogP contribution in [0, 0.1) is 5.82 Å². The summed E-state index contributed by atoms with van der Waals surface area (Å²) in [6.07, 6.45) is 1.82. The molecule has 6 nitrogen and oxygen atoms in total. The highest BCUT2D eigenvalue weighted by molar-refractivity contribution is 6.03. The first-order valence-electron chi connectivity index (χ1n) is 8.40. The Labute approximate surface area is 156 Å². The number of benzene rings is 2. The second-order valence-corrected chi connectivity index (χ2v) is 5.74. The van der Waals surface area contributed by atoms with E-state index in [4.69, 9.17) is 4.74 Å². The number of amides is 1. The van der Waals surface area contributed by atoms with Crippen molar-refractivity contribution >= 4 is 17.4 Å². The normalized spacial score (nSPS) is 10.3. The van der Waals surface area contributed by atoms with Gasteiger partial charge in [-0.25, -0.2) is 14.4 Å². The molecular formula is C20H19FN4O2. The van der Waals surface area contributed by atoms with Crippen molar-refractivity contribution in [2.75, 3.05) is 24.3 Å². The van der Waals surface area contributed by atoms with E-state index in [1.807, 2.05) is 0 Å². The molecule has 2 aromatic carbocycles. The summed E-state index contributed by atoms with van der Waals surface area (Å²) < 4.78 is 18.7. The van der Waals surface area contributed by atoms with Gasteiger partial charge in [0.15, 0.2) is 0 Å². The Balaban J connectivity index is 1.59. The Kier molecular flexibility index (Phi) is 5.94. The van der Waals surface area contributed by atoms with E-state index in [-0.39, 0.29) is 17.4 Å². The Morgan fingerprint density at radius 3 is 2.63 bits per heavy atom. The summed E-state index contributed by atoms with van der Waals surface area (Å²) >= 11 is 0. The zero-order chi connectivity index (χ0) is 19.1. The van der Waals surface area contributed by atoms with Gasteiger partial charge in [0.1, 0.15) is 29.4 Å². The van der Waals surface area contributed by atoms with E-state index in [9.17, 15) is 9.18 Å². The topological polar surface area (TPSA) is 76.1 Å². The lowest BCUT2D eigenvalue weighted by Crippen LogP contribution is -2.15. The van der Waals surface area contributed by atoms with Crippen molar-refractivity contribution in [3.8, 4) is 5.75 Å². The molecule has 0 atom stereocenters. The summed E-state index contributed by atoms with van der Waals surface area (Å²) in [5, 5.41) is 5.84. The Hall–Kier alpha value is -3.48. The van der Waals surface area contributed by atoms with Crippen molar-refractivity contribution in [2.45, 2.75) is 6.42 Å². The minimum Gasteiger partial charge on any atom is -0.497 e. The number of aromatic nitrogens is 2. The van der Waals surface area contributed by atoms with Gasteiger partial charge in [-0.3, -0.25) is 4.79 Å². The fourth-order valence-corrected chi connectivity index (χ4v) is 2.47. The van der Waals surface area contributed by atoms with Crippen molar-refractivity contribution in [3.05, 3.63) is 78.0 Å². The highest BCUT2D eigenvalue weighted by Gasteiger charge is 2.09. The van der Waals surface area contributed by atoms with Crippen LogP contribution in [0.3, 0.4) is 0 Å². The number of anilines is 2. The number of hydrogen-bond donors (Lipinski definition) is 2. The maximum absolute atomic E-state index is 13.6. The molecule has 0 spiro atoms. The maximum Gasteiger partial charge on any atom is 0.274 e. The molecule has 1 heterocycles. The van der Waals surface area contributed by atoms with Crippen LogP contribution in [-0.4, -0.2) is 29.5 Å². The zero-order valence-corrected chi connectivity index (χ0v) is 14.8. The molecule has 0 saturated heterocycles. The molecule has 0 aliphatic rings. The van der Waals surface area contributed by atoms with E-state index in [1.165, 1.54) is 12.4 Å². The standard InChI is InChI=1S/C20H19FN4O2/c1-27-16-8-6-15(7-9-16)25-20(26)18-12-19(24-13-23-18)22-11-10-14-4-2-3-5-17(14)21/h2-9,12-13H,10-11H2,1H3,(H,25,26)(H,22,23,24). The molecule has 1 amide bonds. The smallest absolute Gasteiger partial charge is 0.274 e. The van der Waals surface area contributed by atoms with Crippen LogP contribution in [0.1, 0.15) is 16.1 Å². The molecule has 7 heteroatoms. The van der Waals surface area contributed by atoms with Crippen molar-refractivity contribution in [3.63, 3.8) is 0 Å². The molecule has 0 aliphatic carbocycles. The number of carbonyl (C=O) groups excluding carboxylic acids is 1.